The summed E-state index contributed by atoms with van der Waals surface area (Å²) in [6.07, 6.45) is -1.17. The van der Waals surface area contributed by atoms with Crippen LogP contribution in [0.4, 0.5) is 8.78 Å². The minimum Gasteiger partial charge on any atom is -0.457 e. The molecule has 0 spiro atoms. The first-order valence-electron chi connectivity index (χ1n) is 9.19. The van der Waals surface area contributed by atoms with E-state index in [1.54, 1.807) is 50.2 Å². The molecule has 158 valence electrons. The third kappa shape index (κ3) is 4.84. The van der Waals surface area contributed by atoms with E-state index in [9.17, 15) is 18.8 Å². The highest BCUT2D eigenvalue weighted by Crippen LogP contribution is 2.64. The molecule has 0 aliphatic heterocycles. The van der Waals surface area contributed by atoms with E-state index in [2.05, 4.69) is 31.9 Å². The molecule has 0 heterocycles. The second-order valence-electron chi connectivity index (χ2n) is 7.70. The maximum absolute atomic E-state index is 13.7. The SMILES string of the molecule is CC1(C)[C@H]([C@H](Br)C(F)(F)Br)[C@H]1C(=O)O[C@@H](C#N)c1cccc(Oc2ccccc2)c1. The maximum Gasteiger partial charge on any atom is 0.313 e. The van der Waals surface area contributed by atoms with Crippen molar-refractivity contribution in [3.05, 3.63) is 60.2 Å². The third-order valence-electron chi connectivity index (χ3n) is 5.28. The number of hydrogen-bond donors (Lipinski definition) is 0. The number of alkyl halides is 4. The van der Waals surface area contributed by atoms with Crippen LogP contribution in [0.25, 0.3) is 0 Å². The number of rotatable bonds is 7. The maximum atomic E-state index is 13.7. The van der Waals surface area contributed by atoms with Crippen LogP contribution in [-0.4, -0.2) is 15.6 Å². The van der Waals surface area contributed by atoms with Crippen LogP contribution in [0.1, 0.15) is 25.5 Å². The largest absolute Gasteiger partial charge is 0.457 e. The van der Waals surface area contributed by atoms with Gasteiger partial charge in [0.25, 0.3) is 0 Å². The number of carbonyl (C=O) groups is 1. The lowest BCUT2D eigenvalue weighted by atomic mass is 10.1. The van der Waals surface area contributed by atoms with E-state index in [4.69, 9.17) is 9.47 Å². The Kier molecular flexibility index (Phi) is 6.54. The lowest BCUT2D eigenvalue weighted by molar-refractivity contribution is -0.149. The van der Waals surface area contributed by atoms with E-state index in [1.165, 1.54) is 0 Å². The number of halogens is 4. The molecule has 1 fully saturated rings. The van der Waals surface area contributed by atoms with Gasteiger partial charge in [-0.2, -0.15) is 14.0 Å². The van der Waals surface area contributed by atoms with Crippen LogP contribution in [0.15, 0.2) is 54.6 Å². The summed E-state index contributed by atoms with van der Waals surface area (Å²) in [5.41, 5.74) is -0.240. The fourth-order valence-electron chi connectivity index (χ4n) is 3.60. The van der Waals surface area contributed by atoms with Crippen molar-refractivity contribution in [3.8, 4) is 17.6 Å². The second-order valence-corrected chi connectivity index (χ2v) is 9.75. The van der Waals surface area contributed by atoms with Gasteiger partial charge in [0.15, 0.2) is 0 Å². The summed E-state index contributed by atoms with van der Waals surface area (Å²) in [6, 6.07) is 17.7. The summed E-state index contributed by atoms with van der Waals surface area (Å²) in [6.45, 7) is 3.46. The smallest absolute Gasteiger partial charge is 0.313 e. The molecular weight excluding hydrogens is 524 g/mol. The van der Waals surface area contributed by atoms with Crippen molar-refractivity contribution in [2.75, 3.05) is 0 Å². The van der Waals surface area contributed by atoms with Gasteiger partial charge in [-0.3, -0.25) is 4.79 Å². The van der Waals surface area contributed by atoms with Crippen molar-refractivity contribution >= 4 is 37.8 Å². The normalized spacial score (nSPS) is 21.8. The van der Waals surface area contributed by atoms with Crippen LogP contribution in [-0.2, 0) is 9.53 Å². The molecule has 3 rings (SSSR count). The Morgan fingerprint density at radius 1 is 1.17 bits per heavy atom. The monoisotopic (exact) mass is 541 g/mol. The van der Waals surface area contributed by atoms with Gasteiger partial charge in [-0.1, -0.05) is 60.1 Å². The van der Waals surface area contributed by atoms with Crippen molar-refractivity contribution in [3.63, 3.8) is 0 Å². The molecular formula is C22H19Br2F2NO3. The summed E-state index contributed by atoms with van der Waals surface area (Å²) in [5.74, 6) is -0.940. The Balaban J connectivity index is 1.72. The zero-order valence-electron chi connectivity index (χ0n) is 16.2. The van der Waals surface area contributed by atoms with Crippen LogP contribution in [0.3, 0.4) is 0 Å². The summed E-state index contributed by atoms with van der Waals surface area (Å²) in [7, 11) is 0. The Morgan fingerprint density at radius 2 is 1.80 bits per heavy atom. The fourth-order valence-corrected chi connectivity index (χ4v) is 4.87. The summed E-state index contributed by atoms with van der Waals surface area (Å²) < 4.78 is 38.5. The van der Waals surface area contributed by atoms with E-state index in [-0.39, 0.29) is 0 Å². The van der Waals surface area contributed by atoms with Gasteiger partial charge in [-0.25, -0.2) is 0 Å². The standard InChI is InChI=1S/C22H19Br2F2NO3/c1-21(2)17(19(23)22(24,25)26)18(21)20(28)30-16(12-27)13-7-6-10-15(11-13)29-14-8-4-3-5-9-14/h3-11,16-19H,1-2H3/t16-,17-,18-,19-/m0/s1. The number of hydrogen-bond acceptors (Lipinski definition) is 4. The molecule has 0 aromatic heterocycles. The number of nitriles is 1. The molecule has 0 saturated heterocycles. The number of ether oxygens (including phenoxy) is 2. The van der Waals surface area contributed by atoms with Gasteiger partial charge in [0.2, 0.25) is 6.10 Å². The molecule has 0 bridgehead atoms. The second kappa shape index (κ2) is 8.64. The molecule has 4 nitrogen and oxygen atoms in total. The molecule has 1 saturated carbocycles. The van der Waals surface area contributed by atoms with Gasteiger partial charge in [0, 0.05) is 5.56 Å². The van der Waals surface area contributed by atoms with Crippen molar-refractivity contribution in [1.29, 1.82) is 5.26 Å². The Labute approximate surface area is 190 Å². The van der Waals surface area contributed by atoms with Gasteiger partial charge >= 0.3 is 10.8 Å². The van der Waals surface area contributed by atoms with Crippen molar-refractivity contribution in [2.24, 2.45) is 17.3 Å². The molecule has 1 aliphatic rings. The van der Waals surface area contributed by atoms with E-state index < -0.39 is 39.0 Å². The Morgan fingerprint density at radius 3 is 2.40 bits per heavy atom. The van der Waals surface area contributed by atoms with Crippen LogP contribution < -0.4 is 4.74 Å². The molecule has 0 unspecified atom stereocenters. The van der Waals surface area contributed by atoms with Gasteiger partial charge in [-0.05, 0) is 51.5 Å². The summed E-state index contributed by atoms with van der Waals surface area (Å²) >= 11 is 5.34. The highest BCUT2D eigenvalue weighted by atomic mass is 79.9. The Hall–Kier alpha value is -1.98. The zero-order chi connectivity index (χ0) is 22.1. The van der Waals surface area contributed by atoms with Crippen molar-refractivity contribution < 1.29 is 23.0 Å². The number of esters is 1. The minimum absolute atomic E-state index is 0.440. The minimum atomic E-state index is -3.16. The van der Waals surface area contributed by atoms with E-state index in [0.717, 1.165) is 0 Å². The van der Waals surface area contributed by atoms with Crippen molar-refractivity contribution in [2.45, 2.75) is 29.6 Å². The van der Waals surface area contributed by atoms with E-state index in [0.29, 0.717) is 17.1 Å². The number of para-hydroxylation sites is 1. The van der Waals surface area contributed by atoms with Crippen molar-refractivity contribution in [1.82, 2.24) is 0 Å². The molecule has 2 aromatic rings. The number of nitrogens with zero attached hydrogens (tertiary/aromatic N) is 1. The van der Waals surface area contributed by atoms with Crippen LogP contribution in [0.2, 0.25) is 0 Å². The molecule has 0 radical (unpaired) electrons. The number of benzene rings is 2. The van der Waals surface area contributed by atoms with Crippen LogP contribution >= 0.6 is 31.9 Å². The molecule has 0 N–H and O–H groups in total. The van der Waals surface area contributed by atoms with Gasteiger partial charge in [0.05, 0.1) is 10.7 Å². The molecule has 4 atom stereocenters. The van der Waals surface area contributed by atoms with Crippen LogP contribution in [0.5, 0.6) is 11.5 Å². The lowest BCUT2D eigenvalue weighted by Crippen LogP contribution is -2.26. The zero-order valence-corrected chi connectivity index (χ0v) is 19.4. The molecule has 0 amide bonds. The first-order chi connectivity index (χ1) is 14.1. The average Bonchev–Trinajstić information content (AvgIpc) is 3.27. The quantitative estimate of drug-likeness (QED) is 0.292. The molecule has 30 heavy (non-hydrogen) atoms. The van der Waals surface area contributed by atoms with Gasteiger partial charge in [-0.15, -0.1) is 0 Å². The highest BCUT2D eigenvalue weighted by molar-refractivity contribution is 9.12. The predicted molar refractivity (Wildman–Crippen MR) is 115 cm³/mol. The lowest BCUT2D eigenvalue weighted by Gasteiger charge is -2.17. The average molecular weight is 543 g/mol. The number of carbonyl (C=O) groups excluding carboxylic acids is 1. The topological polar surface area (TPSA) is 59.3 Å². The molecule has 1 aliphatic carbocycles. The summed E-state index contributed by atoms with van der Waals surface area (Å²) in [5, 5.41) is 9.54. The molecule has 8 heteroatoms. The predicted octanol–water partition coefficient (Wildman–Crippen LogP) is 6.61. The first-order valence-corrected chi connectivity index (χ1v) is 10.9. The third-order valence-corrected chi connectivity index (χ3v) is 7.54. The van der Waals surface area contributed by atoms with E-state index in [1.807, 2.05) is 24.3 Å². The molecule has 2 aromatic carbocycles. The Bertz CT molecular complexity index is 957. The van der Waals surface area contributed by atoms with E-state index >= 15 is 0 Å². The fraction of sp³-hybridized carbons (Fsp3) is 0.364. The van der Waals surface area contributed by atoms with Gasteiger partial charge < -0.3 is 9.47 Å². The first kappa shape index (κ1) is 22.7. The van der Waals surface area contributed by atoms with Crippen LogP contribution in [0, 0.1) is 28.6 Å². The van der Waals surface area contributed by atoms with Gasteiger partial charge in [0.1, 0.15) is 17.6 Å². The summed E-state index contributed by atoms with van der Waals surface area (Å²) in [4.78, 5) is 8.30. The highest BCUT2D eigenvalue weighted by Gasteiger charge is 2.68.